The monoisotopic (exact) mass is 276 g/mol. The molecule has 0 heterocycles. The maximum absolute atomic E-state index is 13.7. The van der Waals surface area contributed by atoms with Gasteiger partial charge in [-0.05, 0) is 36.3 Å². The van der Waals surface area contributed by atoms with E-state index in [1.807, 2.05) is 0 Å². The van der Waals surface area contributed by atoms with E-state index in [1.54, 1.807) is 0 Å². The molecule has 0 bridgehead atoms. The molecule has 2 unspecified atom stereocenters. The molecule has 0 aliphatic heterocycles. The number of fused-ring (bicyclic) bond motifs is 1. The lowest BCUT2D eigenvalue weighted by Crippen LogP contribution is -2.04. The number of carbonyl (C=O) groups excluding carboxylic acids is 1. The van der Waals surface area contributed by atoms with Gasteiger partial charge in [0.2, 0.25) is 0 Å². The molecule has 0 amide bonds. The van der Waals surface area contributed by atoms with Crippen molar-refractivity contribution in [2.45, 2.75) is 12.8 Å². The summed E-state index contributed by atoms with van der Waals surface area (Å²) in [6.45, 7) is 0.240. The molecule has 0 spiro atoms. The molecule has 2 nitrogen and oxygen atoms in total. The van der Waals surface area contributed by atoms with Gasteiger partial charge < -0.3 is 4.74 Å². The molecule has 4 heteroatoms. The summed E-state index contributed by atoms with van der Waals surface area (Å²) in [6.07, 6.45) is 8.69. The maximum atomic E-state index is 13.7. The first-order valence-corrected chi connectivity index (χ1v) is 6.60. The van der Waals surface area contributed by atoms with Crippen molar-refractivity contribution in [3.63, 3.8) is 0 Å². The molecule has 20 heavy (non-hydrogen) atoms. The predicted octanol–water partition coefficient (Wildman–Crippen LogP) is 3.68. The molecule has 0 aromatic heterocycles. The van der Waals surface area contributed by atoms with E-state index in [-0.39, 0.29) is 24.2 Å². The summed E-state index contributed by atoms with van der Waals surface area (Å²) in [6, 6.07) is 1.78. The second-order valence-corrected chi connectivity index (χ2v) is 5.23. The van der Waals surface area contributed by atoms with Crippen LogP contribution in [0.3, 0.4) is 0 Å². The lowest BCUT2D eigenvalue weighted by atomic mass is 10.1. The molecule has 2 aliphatic carbocycles. The Labute approximate surface area is 115 Å². The second-order valence-electron chi connectivity index (χ2n) is 5.23. The van der Waals surface area contributed by atoms with Crippen LogP contribution in [0.2, 0.25) is 0 Å². The number of benzene rings is 1. The van der Waals surface area contributed by atoms with Crippen LogP contribution in [-0.4, -0.2) is 12.9 Å². The molecule has 1 aromatic carbocycles. The Balaban J connectivity index is 1.70. The number of rotatable bonds is 4. The standard InChI is InChI=1S/C16H14F2O2/c17-14-7-16(15(18)6-13(14)8-19)20-9-10-2-1-3-11-5-12(11)4-10/h1,3-4,6-8,11-12H,2,5,9H2. The molecular weight excluding hydrogens is 262 g/mol. The molecule has 2 atom stereocenters. The summed E-state index contributed by atoms with van der Waals surface area (Å²) in [7, 11) is 0. The largest absolute Gasteiger partial charge is 0.486 e. The van der Waals surface area contributed by atoms with Crippen molar-refractivity contribution in [3.05, 3.63) is 53.1 Å². The zero-order chi connectivity index (χ0) is 14.1. The first kappa shape index (κ1) is 13.0. The van der Waals surface area contributed by atoms with Crippen LogP contribution in [0.1, 0.15) is 23.2 Å². The summed E-state index contributed by atoms with van der Waals surface area (Å²) < 4.78 is 32.4. The van der Waals surface area contributed by atoms with Crippen molar-refractivity contribution in [2.75, 3.05) is 6.61 Å². The van der Waals surface area contributed by atoms with Crippen LogP contribution in [0.25, 0.3) is 0 Å². The second kappa shape index (κ2) is 5.19. The summed E-state index contributed by atoms with van der Waals surface area (Å²) >= 11 is 0. The third kappa shape index (κ3) is 2.64. The number of halogens is 2. The number of carbonyl (C=O) groups is 1. The highest BCUT2D eigenvalue weighted by atomic mass is 19.1. The number of ether oxygens (including phenoxy) is 1. The Bertz CT molecular complexity index is 605. The highest BCUT2D eigenvalue weighted by Gasteiger charge is 2.33. The van der Waals surface area contributed by atoms with Gasteiger partial charge in [-0.15, -0.1) is 0 Å². The molecule has 3 rings (SSSR count). The molecule has 1 saturated carbocycles. The van der Waals surface area contributed by atoms with Gasteiger partial charge in [0.25, 0.3) is 0 Å². The van der Waals surface area contributed by atoms with Gasteiger partial charge >= 0.3 is 0 Å². The van der Waals surface area contributed by atoms with Crippen LogP contribution in [-0.2, 0) is 0 Å². The zero-order valence-corrected chi connectivity index (χ0v) is 10.8. The minimum atomic E-state index is -0.770. The first-order chi connectivity index (χ1) is 9.67. The van der Waals surface area contributed by atoms with Crippen LogP contribution >= 0.6 is 0 Å². The third-order valence-corrected chi connectivity index (χ3v) is 3.70. The Morgan fingerprint density at radius 2 is 2.10 bits per heavy atom. The van der Waals surface area contributed by atoms with Crippen LogP contribution < -0.4 is 4.74 Å². The molecule has 2 aliphatic rings. The highest BCUT2D eigenvalue weighted by molar-refractivity contribution is 5.75. The Morgan fingerprint density at radius 3 is 2.90 bits per heavy atom. The molecular formula is C16H14F2O2. The van der Waals surface area contributed by atoms with Crippen molar-refractivity contribution in [1.29, 1.82) is 0 Å². The predicted molar refractivity (Wildman–Crippen MR) is 70.7 cm³/mol. The van der Waals surface area contributed by atoms with Gasteiger partial charge in [-0.1, -0.05) is 18.2 Å². The third-order valence-electron chi connectivity index (χ3n) is 3.70. The number of hydrogen-bond acceptors (Lipinski definition) is 2. The van der Waals surface area contributed by atoms with Gasteiger partial charge in [0.05, 0.1) is 5.56 Å². The maximum Gasteiger partial charge on any atom is 0.166 e. The topological polar surface area (TPSA) is 26.3 Å². The average molecular weight is 276 g/mol. The Kier molecular flexibility index (Phi) is 3.38. The number of allylic oxidation sites excluding steroid dienone is 3. The minimum absolute atomic E-state index is 0.158. The van der Waals surface area contributed by atoms with E-state index in [0.717, 1.165) is 30.5 Å². The molecule has 1 aromatic rings. The lowest BCUT2D eigenvalue weighted by Gasteiger charge is -2.10. The van der Waals surface area contributed by atoms with Gasteiger partial charge in [0, 0.05) is 6.07 Å². The summed E-state index contributed by atoms with van der Waals surface area (Å²) in [5.41, 5.74) is 0.776. The van der Waals surface area contributed by atoms with E-state index >= 15 is 0 Å². The number of hydrogen-bond donors (Lipinski definition) is 0. The summed E-state index contributed by atoms with van der Waals surface area (Å²) in [4.78, 5) is 10.5. The van der Waals surface area contributed by atoms with Crippen molar-refractivity contribution in [3.8, 4) is 5.75 Å². The van der Waals surface area contributed by atoms with E-state index in [1.165, 1.54) is 0 Å². The summed E-state index contributed by atoms with van der Waals surface area (Å²) in [5.74, 6) is -0.425. The minimum Gasteiger partial charge on any atom is -0.486 e. The quantitative estimate of drug-likeness (QED) is 0.619. The summed E-state index contributed by atoms with van der Waals surface area (Å²) in [5, 5.41) is 0. The highest BCUT2D eigenvalue weighted by Crippen LogP contribution is 2.43. The molecule has 0 N–H and O–H groups in total. The van der Waals surface area contributed by atoms with Crippen molar-refractivity contribution in [2.24, 2.45) is 11.8 Å². The van der Waals surface area contributed by atoms with Crippen LogP contribution in [0.5, 0.6) is 5.75 Å². The van der Waals surface area contributed by atoms with Crippen molar-refractivity contribution < 1.29 is 18.3 Å². The normalized spacial score (nSPS) is 23.6. The van der Waals surface area contributed by atoms with Crippen molar-refractivity contribution >= 4 is 6.29 Å². The van der Waals surface area contributed by atoms with Crippen molar-refractivity contribution in [1.82, 2.24) is 0 Å². The van der Waals surface area contributed by atoms with Gasteiger partial charge in [-0.2, -0.15) is 0 Å². The van der Waals surface area contributed by atoms with Crippen LogP contribution in [0.15, 0.2) is 35.9 Å². The van der Waals surface area contributed by atoms with Crippen LogP contribution in [0, 0.1) is 23.5 Å². The lowest BCUT2D eigenvalue weighted by molar-refractivity contribution is 0.111. The molecule has 0 radical (unpaired) electrons. The molecule has 0 saturated heterocycles. The van der Waals surface area contributed by atoms with E-state index in [9.17, 15) is 13.6 Å². The fourth-order valence-electron chi connectivity index (χ4n) is 2.44. The fourth-order valence-corrected chi connectivity index (χ4v) is 2.44. The molecule has 104 valence electrons. The fraction of sp³-hybridized carbons (Fsp3) is 0.312. The van der Waals surface area contributed by atoms with Gasteiger partial charge in [0.15, 0.2) is 17.9 Å². The van der Waals surface area contributed by atoms with Gasteiger partial charge in [-0.25, -0.2) is 8.78 Å². The van der Waals surface area contributed by atoms with Gasteiger partial charge in [0.1, 0.15) is 12.4 Å². The van der Waals surface area contributed by atoms with E-state index in [4.69, 9.17) is 4.74 Å². The Morgan fingerprint density at radius 1 is 1.25 bits per heavy atom. The van der Waals surface area contributed by atoms with E-state index in [2.05, 4.69) is 18.2 Å². The van der Waals surface area contributed by atoms with E-state index in [0.29, 0.717) is 11.8 Å². The van der Waals surface area contributed by atoms with Gasteiger partial charge in [-0.3, -0.25) is 4.79 Å². The zero-order valence-electron chi connectivity index (χ0n) is 10.8. The molecule has 1 fully saturated rings. The first-order valence-electron chi connectivity index (χ1n) is 6.60. The van der Waals surface area contributed by atoms with E-state index < -0.39 is 11.6 Å². The number of aldehydes is 1. The average Bonchev–Trinajstić information content (AvgIpc) is 3.17. The van der Waals surface area contributed by atoms with Crippen LogP contribution in [0.4, 0.5) is 8.78 Å². The SMILES string of the molecule is O=Cc1cc(F)c(OCC2=CC3CC3C=CC2)cc1F. The Hall–Kier alpha value is -1.97. The smallest absolute Gasteiger partial charge is 0.166 e.